The van der Waals surface area contributed by atoms with E-state index in [1.54, 1.807) is 12.1 Å². The van der Waals surface area contributed by atoms with Gasteiger partial charge in [-0.2, -0.15) is 0 Å². The zero-order valence-electron chi connectivity index (χ0n) is 52.7. The van der Waals surface area contributed by atoms with Gasteiger partial charge in [-0.1, -0.05) is 80.1 Å². The van der Waals surface area contributed by atoms with Gasteiger partial charge in [0.1, 0.15) is 96.1 Å². The number of aliphatic hydroxyl groups is 9. The summed E-state index contributed by atoms with van der Waals surface area (Å²) in [5.74, 6) is -6.58. The summed E-state index contributed by atoms with van der Waals surface area (Å²) in [6, 6.07) is 7.20. The van der Waals surface area contributed by atoms with Crippen molar-refractivity contribution in [2.75, 3.05) is 26.3 Å². The van der Waals surface area contributed by atoms with Gasteiger partial charge in [-0.25, -0.2) is 22.9 Å². The highest BCUT2D eigenvalue weighted by Crippen LogP contribution is 2.42. The molecular formula is C63H87F2N9O21. The molecule has 10 rings (SSSR count). The van der Waals surface area contributed by atoms with E-state index in [0.717, 1.165) is 36.8 Å². The Morgan fingerprint density at radius 2 is 1.22 bits per heavy atom. The molecule has 3 saturated heterocycles. The third kappa shape index (κ3) is 16.7. The molecule has 3 aliphatic heterocycles. The molecule has 5 heterocycles. The molecule has 32 heteroatoms. The first-order valence-electron chi connectivity index (χ1n) is 32.5. The number of benzene rings is 2. The number of carboxylic acid groups (broad SMARTS) is 1. The average molecular weight is 1340 g/mol. The second-order valence-corrected chi connectivity index (χ2v) is 25.8. The van der Waals surface area contributed by atoms with Gasteiger partial charge in [0, 0.05) is 43.0 Å². The van der Waals surface area contributed by atoms with Crippen LogP contribution in [-0.2, 0) is 52.3 Å². The second kappa shape index (κ2) is 32.0. The Morgan fingerprint density at radius 1 is 0.653 bits per heavy atom. The average Bonchev–Trinajstić information content (AvgIpc) is 1.60. The molecule has 2 aromatic heterocycles. The van der Waals surface area contributed by atoms with Crippen LogP contribution in [0.15, 0.2) is 60.9 Å². The maximum Gasteiger partial charge on any atom is 0.332 e. The fourth-order valence-corrected chi connectivity index (χ4v) is 14.1. The van der Waals surface area contributed by atoms with Gasteiger partial charge in [0.15, 0.2) is 25.0 Å². The molecule has 6 aliphatic rings. The normalized spacial score (nSPS) is 35.8. The SMILES string of the molecule is CCC1CC(C(=O)NCCNC(=O)C2CC(n3cc(-c4cccc(F)c4)nn3)C(O)[C@H](O[C@@H]3OC(CO)[C@H](O)C(n4cc(-c5cccc(F)c5)nn4)C3O)C2)C[C@@H](O[C@@H]2OC(CO)[C@H](O)C(O[C@@H](CC3CCCCC3)C(=O)O)C2NC(C)=O)C1O[C@@H]1OC(C)[C@@H](O)C(O)C1O. The Labute approximate surface area is 545 Å². The van der Waals surface area contributed by atoms with Crippen LogP contribution >= 0.6 is 0 Å². The minimum Gasteiger partial charge on any atom is -0.479 e. The molecular weight excluding hydrogens is 1260 g/mol. The molecule has 3 aliphatic carbocycles. The van der Waals surface area contributed by atoms with Gasteiger partial charge in [0.05, 0.1) is 56.1 Å². The van der Waals surface area contributed by atoms with E-state index in [1.807, 2.05) is 6.92 Å². The van der Waals surface area contributed by atoms with Crippen molar-refractivity contribution in [1.82, 2.24) is 45.9 Å². The van der Waals surface area contributed by atoms with Crippen LogP contribution in [0.2, 0.25) is 0 Å². The van der Waals surface area contributed by atoms with Crippen molar-refractivity contribution in [3.8, 4) is 22.5 Å². The highest BCUT2D eigenvalue weighted by molar-refractivity contribution is 5.80. The quantitative estimate of drug-likeness (QED) is 0.0394. The van der Waals surface area contributed by atoms with Crippen molar-refractivity contribution in [3.63, 3.8) is 0 Å². The summed E-state index contributed by atoms with van der Waals surface area (Å²) in [7, 11) is 0. The van der Waals surface area contributed by atoms with Gasteiger partial charge in [0.25, 0.3) is 0 Å². The van der Waals surface area contributed by atoms with Crippen LogP contribution in [0.4, 0.5) is 8.78 Å². The second-order valence-electron chi connectivity index (χ2n) is 25.8. The number of amides is 3. The molecule has 0 radical (unpaired) electrons. The number of aliphatic carboxylic acids is 1. The molecule has 524 valence electrons. The molecule has 2 aromatic carbocycles. The van der Waals surface area contributed by atoms with E-state index >= 15 is 0 Å². The van der Waals surface area contributed by atoms with Gasteiger partial charge < -0.3 is 100 Å². The van der Waals surface area contributed by atoms with Crippen LogP contribution in [0.1, 0.15) is 103 Å². The maximum atomic E-state index is 14.5. The zero-order valence-corrected chi connectivity index (χ0v) is 52.7. The standard InChI is InChI=1S/C63H87F2N9O21/c1-4-32-19-35(24-43(56(32)95-63-55(84)54(83)49(78)29(2)89-63)92-61-47(68-30(3)77)57(52(81)46(28-76)93-61)90-44(60(87)88)18-31-10-6-5-7-11-31)58(85)66-16-17-67-59(86)36-22-41(73-25-39(69-71-73)33-12-8-14-37(64)20-33)50(79)42(23-36)91-62-53(82)48(51(80)45(27-75)94-62)74-26-40(70-72-74)34-13-9-15-38(65)21-34/h8-9,12-15,20-21,25-26,29,31-32,35-36,41-57,61-63,75-76,78-84H,4-7,10-11,16-19,22-24,27-28H2,1-3H3,(H,66,85)(H,67,86)(H,68,77)(H,87,88)/t29?,32?,35?,36?,41?,42-,43-,44+,45?,46?,47?,48?,49-,50?,51+,52+,53?,54?,55?,56?,57?,61-,62-,63+/m1/s1. The molecule has 30 nitrogen and oxygen atoms in total. The molecule has 15 unspecified atom stereocenters. The van der Waals surface area contributed by atoms with Gasteiger partial charge in [0.2, 0.25) is 17.7 Å². The first-order valence-corrected chi connectivity index (χ1v) is 32.5. The Bertz CT molecular complexity index is 3200. The van der Waals surface area contributed by atoms with Gasteiger partial charge in [-0.15, -0.1) is 10.2 Å². The number of carboxylic acids is 1. The van der Waals surface area contributed by atoms with E-state index in [1.165, 1.54) is 67.3 Å². The Balaban J connectivity index is 0.853. The smallest absolute Gasteiger partial charge is 0.332 e. The number of aromatic nitrogens is 6. The lowest BCUT2D eigenvalue weighted by molar-refractivity contribution is -0.338. The van der Waals surface area contributed by atoms with E-state index in [4.69, 9.17) is 33.2 Å². The Kier molecular flexibility index (Phi) is 24.1. The van der Waals surface area contributed by atoms with E-state index in [-0.39, 0.29) is 62.5 Å². The summed E-state index contributed by atoms with van der Waals surface area (Å²) in [5.41, 5.74) is 1.12. The molecule has 6 fully saturated rings. The first kappa shape index (κ1) is 71.6. The fraction of sp³-hybridized carbons (Fsp3) is 0.683. The summed E-state index contributed by atoms with van der Waals surface area (Å²) < 4.78 is 74.8. The number of ether oxygens (including phenoxy) is 7. The topological polar surface area (TPSA) is 433 Å². The first-order chi connectivity index (χ1) is 45.5. The molecule has 95 heavy (non-hydrogen) atoms. The van der Waals surface area contributed by atoms with Gasteiger partial charge in [-0.05, 0) is 75.1 Å². The number of rotatable bonds is 24. The maximum absolute atomic E-state index is 14.5. The van der Waals surface area contributed by atoms with Crippen molar-refractivity contribution in [1.29, 1.82) is 0 Å². The number of halogens is 2. The third-order valence-corrected chi connectivity index (χ3v) is 19.3. The highest BCUT2D eigenvalue weighted by atomic mass is 19.1. The lowest BCUT2D eigenvalue weighted by atomic mass is 9.75. The predicted molar refractivity (Wildman–Crippen MR) is 322 cm³/mol. The largest absolute Gasteiger partial charge is 0.479 e. The van der Waals surface area contributed by atoms with Crippen LogP contribution in [0.25, 0.3) is 22.5 Å². The van der Waals surface area contributed by atoms with Gasteiger partial charge in [-0.3, -0.25) is 14.4 Å². The summed E-state index contributed by atoms with van der Waals surface area (Å²) in [6.45, 7) is 2.60. The molecule has 4 aromatic rings. The van der Waals surface area contributed by atoms with E-state index in [9.17, 15) is 79.0 Å². The van der Waals surface area contributed by atoms with Crippen LogP contribution in [0.3, 0.4) is 0 Å². The Hall–Kier alpha value is -6.18. The summed E-state index contributed by atoms with van der Waals surface area (Å²) in [6.07, 6.45) is -19.5. The lowest BCUT2D eigenvalue weighted by Gasteiger charge is -2.49. The van der Waals surface area contributed by atoms with Crippen LogP contribution in [0.5, 0.6) is 0 Å². The highest BCUT2D eigenvalue weighted by Gasteiger charge is 2.54. The number of carbonyl (C=O) groups excluding carboxylic acids is 3. The number of nitrogens with zero attached hydrogens (tertiary/aromatic N) is 6. The van der Waals surface area contributed by atoms with Crippen molar-refractivity contribution >= 4 is 23.7 Å². The number of aliphatic hydroxyl groups excluding tert-OH is 9. The number of hydrogen-bond donors (Lipinski definition) is 13. The van der Waals surface area contributed by atoms with Crippen LogP contribution < -0.4 is 16.0 Å². The molecule has 24 atom stereocenters. The minimum atomic E-state index is -1.76. The van der Waals surface area contributed by atoms with Crippen LogP contribution in [0, 0.1) is 35.3 Å². The molecule has 3 saturated carbocycles. The van der Waals surface area contributed by atoms with E-state index in [0.29, 0.717) is 17.5 Å². The van der Waals surface area contributed by atoms with Crippen molar-refractivity contribution in [2.45, 2.75) is 220 Å². The zero-order chi connectivity index (χ0) is 67.9. The predicted octanol–water partition coefficient (Wildman–Crippen LogP) is -0.483. The van der Waals surface area contributed by atoms with Crippen LogP contribution in [-0.4, -0.2) is 248 Å². The Morgan fingerprint density at radius 3 is 1.82 bits per heavy atom. The van der Waals surface area contributed by atoms with Crippen molar-refractivity contribution in [2.24, 2.45) is 23.7 Å². The summed E-state index contributed by atoms with van der Waals surface area (Å²) in [4.78, 5) is 54.8. The number of carbonyl (C=O) groups is 4. The molecule has 3 amide bonds. The number of nitrogens with one attached hydrogen (secondary N) is 3. The van der Waals surface area contributed by atoms with Gasteiger partial charge >= 0.3 is 5.97 Å². The minimum absolute atomic E-state index is 0.00486. The third-order valence-electron chi connectivity index (χ3n) is 19.3. The lowest BCUT2D eigenvalue weighted by Crippen LogP contribution is -2.67. The summed E-state index contributed by atoms with van der Waals surface area (Å²) >= 11 is 0. The van der Waals surface area contributed by atoms with Crippen molar-refractivity contribution < 1.29 is 112 Å². The summed E-state index contributed by atoms with van der Waals surface area (Å²) in [5, 5.41) is 136. The van der Waals surface area contributed by atoms with Crippen molar-refractivity contribution in [3.05, 3.63) is 72.6 Å². The molecule has 0 bridgehead atoms. The fourth-order valence-electron chi connectivity index (χ4n) is 14.1. The monoisotopic (exact) mass is 1340 g/mol. The number of hydrogen-bond acceptors (Lipinski definition) is 24. The molecule has 0 spiro atoms. The molecule has 13 N–H and O–H groups in total. The van der Waals surface area contributed by atoms with E-state index < -0.39 is 195 Å². The van der Waals surface area contributed by atoms with E-state index in [2.05, 4.69) is 36.6 Å².